The summed E-state index contributed by atoms with van der Waals surface area (Å²) in [5.74, 6) is 0. The Bertz CT molecular complexity index is 199. The molecule has 3 N–H and O–H groups in total. The summed E-state index contributed by atoms with van der Waals surface area (Å²) in [6.07, 6.45) is 0.877. The monoisotopic (exact) mass is 200 g/mol. The highest BCUT2D eigenvalue weighted by atomic mass is 16.3. The minimum atomic E-state index is -0.492. The van der Waals surface area contributed by atoms with E-state index in [1.807, 2.05) is 13.8 Å². The second-order valence-electron chi connectivity index (χ2n) is 5.73. The molecule has 0 saturated carbocycles. The summed E-state index contributed by atoms with van der Waals surface area (Å²) in [5.41, 5.74) is 5.56. The van der Waals surface area contributed by atoms with Crippen LogP contribution in [0.15, 0.2) is 0 Å². The SMILES string of the molecule is CC(N)C(C)(C)CN1CCC(C)(O)C1. The number of hydrogen-bond acceptors (Lipinski definition) is 3. The van der Waals surface area contributed by atoms with E-state index < -0.39 is 5.60 Å². The highest BCUT2D eigenvalue weighted by Crippen LogP contribution is 2.26. The summed E-state index contributed by atoms with van der Waals surface area (Å²) in [6, 6.07) is 0.188. The Morgan fingerprint density at radius 3 is 2.50 bits per heavy atom. The summed E-state index contributed by atoms with van der Waals surface area (Å²) >= 11 is 0. The van der Waals surface area contributed by atoms with Crippen LogP contribution in [-0.2, 0) is 0 Å². The van der Waals surface area contributed by atoms with Gasteiger partial charge < -0.3 is 10.8 Å². The average Bonchev–Trinajstić information content (AvgIpc) is 2.28. The first-order valence-electron chi connectivity index (χ1n) is 5.43. The van der Waals surface area contributed by atoms with Gasteiger partial charge in [-0.2, -0.15) is 0 Å². The maximum Gasteiger partial charge on any atom is 0.0758 e. The normalized spacial score (nSPS) is 32.1. The van der Waals surface area contributed by atoms with E-state index in [2.05, 4.69) is 18.7 Å². The van der Waals surface area contributed by atoms with Crippen LogP contribution >= 0.6 is 0 Å². The molecule has 0 aliphatic carbocycles. The molecule has 0 bridgehead atoms. The second-order valence-corrected chi connectivity index (χ2v) is 5.73. The summed E-state index contributed by atoms with van der Waals surface area (Å²) in [5, 5.41) is 9.83. The van der Waals surface area contributed by atoms with Crippen LogP contribution in [0.5, 0.6) is 0 Å². The molecule has 3 heteroatoms. The van der Waals surface area contributed by atoms with Crippen molar-refractivity contribution in [3.63, 3.8) is 0 Å². The maximum atomic E-state index is 9.83. The predicted molar refractivity (Wildman–Crippen MR) is 59.1 cm³/mol. The van der Waals surface area contributed by atoms with E-state index in [0.717, 1.165) is 26.1 Å². The number of nitrogens with zero attached hydrogens (tertiary/aromatic N) is 1. The van der Waals surface area contributed by atoms with E-state index in [1.165, 1.54) is 0 Å². The highest BCUT2D eigenvalue weighted by molar-refractivity contribution is 4.90. The average molecular weight is 200 g/mol. The lowest BCUT2D eigenvalue weighted by Gasteiger charge is -2.33. The maximum absolute atomic E-state index is 9.83. The molecule has 1 fully saturated rings. The molecule has 0 amide bonds. The van der Waals surface area contributed by atoms with Crippen molar-refractivity contribution >= 4 is 0 Å². The highest BCUT2D eigenvalue weighted by Gasteiger charge is 2.35. The van der Waals surface area contributed by atoms with Crippen molar-refractivity contribution in [3.05, 3.63) is 0 Å². The van der Waals surface area contributed by atoms with Gasteiger partial charge in [0.05, 0.1) is 5.60 Å². The van der Waals surface area contributed by atoms with Gasteiger partial charge in [0.2, 0.25) is 0 Å². The topological polar surface area (TPSA) is 49.5 Å². The second kappa shape index (κ2) is 3.80. The molecule has 1 aliphatic rings. The van der Waals surface area contributed by atoms with E-state index in [-0.39, 0.29) is 11.5 Å². The molecule has 1 heterocycles. The van der Waals surface area contributed by atoms with Crippen molar-refractivity contribution in [2.45, 2.75) is 45.8 Å². The lowest BCUT2D eigenvalue weighted by molar-refractivity contribution is 0.0616. The van der Waals surface area contributed by atoms with Crippen molar-refractivity contribution in [2.24, 2.45) is 11.1 Å². The molecule has 0 aromatic carbocycles. The van der Waals surface area contributed by atoms with Crippen LogP contribution in [0.3, 0.4) is 0 Å². The molecule has 84 valence electrons. The van der Waals surface area contributed by atoms with Gasteiger partial charge in [0.1, 0.15) is 0 Å². The third-order valence-electron chi connectivity index (χ3n) is 3.39. The minimum Gasteiger partial charge on any atom is -0.389 e. The van der Waals surface area contributed by atoms with Crippen molar-refractivity contribution in [1.82, 2.24) is 4.90 Å². The number of rotatable bonds is 3. The summed E-state index contributed by atoms with van der Waals surface area (Å²) in [6.45, 7) is 11.1. The first kappa shape index (κ1) is 12.0. The quantitative estimate of drug-likeness (QED) is 0.709. The zero-order valence-corrected chi connectivity index (χ0v) is 9.88. The number of β-amino-alcohol motifs (C(OH)–C–C–N with tert-alkyl or cyclic N) is 1. The Balaban J connectivity index is 2.47. The van der Waals surface area contributed by atoms with Gasteiger partial charge in [-0.25, -0.2) is 0 Å². The molecule has 0 spiro atoms. The van der Waals surface area contributed by atoms with E-state index in [0.29, 0.717) is 0 Å². The van der Waals surface area contributed by atoms with E-state index in [9.17, 15) is 5.11 Å². The summed E-state index contributed by atoms with van der Waals surface area (Å²) < 4.78 is 0. The minimum absolute atomic E-state index is 0.125. The lowest BCUT2D eigenvalue weighted by Crippen LogP contribution is -2.44. The van der Waals surface area contributed by atoms with Gasteiger partial charge in [0.15, 0.2) is 0 Å². The molecule has 14 heavy (non-hydrogen) atoms. The smallest absolute Gasteiger partial charge is 0.0758 e. The van der Waals surface area contributed by atoms with Crippen LogP contribution in [-0.4, -0.2) is 41.3 Å². The van der Waals surface area contributed by atoms with Gasteiger partial charge in [-0.1, -0.05) is 13.8 Å². The lowest BCUT2D eigenvalue weighted by atomic mass is 9.85. The predicted octanol–water partition coefficient (Wildman–Crippen LogP) is 0.817. The Kier molecular flexibility index (Phi) is 3.24. The third-order valence-corrected chi connectivity index (χ3v) is 3.39. The third kappa shape index (κ3) is 2.94. The fourth-order valence-corrected chi connectivity index (χ4v) is 1.89. The largest absolute Gasteiger partial charge is 0.389 e. The number of hydrogen-bond donors (Lipinski definition) is 2. The number of likely N-dealkylation sites (tertiary alicyclic amines) is 1. The van der Waals surface area contributed by atoms with Crippen molar-refractivity contribution in [1.29, 1.82) is 0 Å². The van der Waals surface area contributed by atoms with E-state index in [1.54, 1.807) is 0 Å². The fraction of sp³-hybridized carbons (Fsp3) is 1.00. The van der Waals surface area contributed by atoms with Gasteiger partial charge in [-0.05, 0) is 25.7 Å². The molecular formula is C11H24N2O. The van der Waals surface area contributed by atoms with E-state index in [4.69, 9.17) is 5.73 Å². The van der Waals surface area contributed by atoms with Gasteiger partial charge in [-0.3, -0.25) is 4.90 Å². The van der Waals surface area contributed by atoms with Crippen molar-refractivity contribution in [3.8, 4) is 0 Å². The van der Waals surface area contributed by atoms with Gasteiger partial charge in [0.25, 0.3) is 0 Å². The van der Waals surface area contributed by atoms with Gasteiger partial charge >= 0.3 is 0 Å². The van der Waals surface area contributed by atoms with Gasteiger partial charge in [-0.15, -0.1) is 0 Å². The van der Waals surface area contributed by atoms with Crippen LogP contribution in [0, 0.1) is 5.41 Å². The first-order chi connectivity index (χ1) is 6.23. The zero-order valence-electron chi connectivity index (χ0n) is 9.88. The molecule has 0 radical (unpaired) electrons. The Hall–Kier alpha value is -0.120. The van der Waals surface area contributed by atoms with Crippen LogP contribution in [0.2, 0.25) is 0 Å². The molecule has 1 rings (SSSR count). The van der Waals surface area contributed by atoms with Crippen LogP contribution in [0.25, 0.3) is 0 Å². The van der Waals surface area contributed by atoms with Crippen LogP contribution in [0.4, 0.5) is 0 Å². The Labute approximate surface area is 87.3 Å². The molecule has 1 saturated heterocycles. The Morgan fingerprint density at radius 2 is 2.14 bits per heavy atom. The van der Waals surface area contributed by atoms with E-state index >= 15 is 0 Å². The summed E-state index contributed by atoms with van der Waals surface area (Å²) in [7, 11) is 0. The fourth-order valence-electron chi connectivity index (χ4n) is 1.89. The molecular weight excluding hydrogens is 176 g/mol. The molecule has 2 unspecified atom stereocenters. The zero-order chi connectivity index (χ0) is 11.0. The molecule has 1 aliphatic heterocycles. The summed E-state index contributed by atoms with van der Waals surface area (Å²) in [4.78, 5) is 2.31. The number of aliphatic hydroxyl groups is 1. The molecule has 3 nitrogen and oxygen atoms in total. The first-order valence-corrected chi connectivity index (χ1v) is 5.43. The standard InChI is InChI=1S/C11H24N2O/c1-9(12)10(2,3)7-13-6-5-11(4,14)8-13/h9,14H,5-8,12H2,1-4H3. The molecule has 0 aromatic rings. The Morgan fingerprint density at radius 1 is 1.57 bits per heavy atom. The van der Waals surface area contributed by atoms with Crippen molar-refractivity contribution < 1.29 is 5.11 Å². The van der Waals surface area contributed by atoms with Crippen molar-refractivity contribution in [2.75, 3.05) is 19.6 Å². The molecule has 0 aromatic heterocycles. The van der Waals surface area contributed by atoms with Crippen LogP contribution < -0.4 is 5.73 Å². The number of nitrogens with two attached hydrogens (primary N) is 1. The van der Waals surface area contributed by atoms with Crippen LogP contribution in [0.1, 0.15) is 34.1 Å². The molecule has 2 atom stereocenters. The van der Waals surface area contributed by atoms with Gasteiger partial charge in [0, 0.05) is 25.7 Å².